The molecule has 0 aromatic carbocycles. The van der Waals surface area contributed by atoms with Crippen LogP contribution >= 0.6 is 0 Å². The molecule has 2 N–H and O–H groups in total. The molecule has 6 heteroatoms. The van der Waals surface area contributed by atoms with Gasteiger partial charge in [0.25, 0.3) is 5.56 Å². The van der Waals surface area contributed by atoms with E-state index in [0.717, 1.165) is 36.8 Å². The standard InChI is InChI=1S/C13H23N3O3/c1-15-11(9-12(18)16(2)13(15)19)10-14-7-5-3-4-6-8-17/h9,14,17H,3-8,10H2,1-2H3. The summed E-state index contributed by atoms with van der Waals surface area (Å²) in [5, 5.41) is 11.9. The summed E-state index contributed by atoms with van der Waals surface area (Å²) >= 11 is 0. The number of rotatable bonds is 8. The van der Waals surface area contributed by atoms with Gasteiger partial charge in [-0.05, 0) is 19.4 Å². The Balaban J connectivity index is 2.42. The Morgan fingerprint density at radius 2 is 1.79 bits per heavy atom. The Morgan fingerprint density at radius 1 is 1.11 bits per heavy atom. The third kappa shape index (κ3) is 4.65. The van der Waals surface area contributed by atoms with Crippen LogP contribution in [-0.2, 0) is 20.6 Å². The lowest BCUT2D eigenvalue weighted by atomic mass is 10.2. The highest BCUT2D eigenvalue weighted by atomic mass is 16.3. The molecule has 0 atom stereocenters. The van der Waals surface area contributed by atoms with Gasteiger partial charge < -0.3 is 10.4 Å². The van der Waals surface area contributed by atoms with E-state index >= 15 is 0 Å². The van der Waals surface area contributed by atoms with E-state index in [1.807, 2.05) is 0 Å². The van der Waals surface area contributed by atoms with Gasteiger partial charge in [-0.1, -0.05) is 12.8 Å². The van der Waals surface area contributed by atoms with Gasteiger partial charge in [-0.15, -0.1) is 0 Å². The third-order valence-electron chi connectivity index (χ3n) is 3.19. The molecule has 19 heavy (non-hydrogen) atoms. The lowest BCUT2D eigenvalue weighted by Crippen LogP contribution is -2.39. The molecule has 0 unspecified atom stereocenters. The maximum absolute atomic E-state index is 11.7. The van der Waals surface area contributed by atoms with Crippen LogP contribution in [0, 0.1) is 0 Å². The summed E-state index contributed by atoms with van der Waals surface area (Å²) in [6.45, 7) is 1.61. The number of aromatic nitrogens is 2. The minimum Gasteiger partial charge on any atom is -0.396 e. The van der Waals surface area contributed by atoms with Crippen LogP contribution in [0.15, 0.2) is 15.7 Å². The number of hydrogen-bond acceptors (Lipinski definition) is 4. The second kappa shape index (κ2) is 7.91. The first kappa shape index (κ1) is 15.7. The summed E-state index contributed by atoms with van der Waals surface area (Å²) < 4.78 is 2.58. The van der Waals surface area contributed by atoms with E-state index in [0.29, 0.717) is 12.2 Å². The Hall–Kier alpha value is -1.40. The Kier molecular flexibility index (Phi) is 6.52. The van der Waals surface area contributed by atoms with Crippen molar-refractivity contribution in [2.24, 2.45) is 14.1 Å². The van der Waals surface area contributed by atoms with Crippen LogP contribution in [0.2, 0.25) is 0 Å². The molecule has 6 nitrogen and oxygen atoms in total. The predicted octanol–water partition coefficient (Wildman–Crippen LogP) is -0.274. The van der Waals surface area contributed by atoms with Crippen LogP contribution in [0.25, 0.3) is 0 Å². The molecule has 0 spiro atoms. The van der Waals surface area contributed by atoms with Gasteiger partial charge in [0.15, 0.2) is 0 Å². The molecule has 1 aromatic rings. The maximum atomic E-state index is 11.7. The lowest BCUT2D eigenvalue weighted by molar-refractivity contribution is 0.282. The number of aliphatic hydroxyl groups is 1. The molecular weight excluding hydrogens is 246 g/mol. The molecular formula is C13H23N3O3. The van der Waals surface area contributed by atoms with E-state index in [-0.39, 0.29) is 17.9 Å². The fourth-order valence-electron chi connectivity index (χ4n) is 1.88. The van der Waals surface area contributed by atoms with Gasteiger partial charge in [0, 0.05) is 39.0 Å². The monoisotopic (exact) mass is 269 g/mol. The first-order chi connectivity index (χ1) is 9.07. The Labute approximate surface area is 112 Å². The molecule has 1 rings (SSSR count). The number of nitrogens with zero attached hydrogens (tertiary/aromatic N) is 2. The smallest absolute Gasteiger partial charge is 0.330 e. The predicted molar refractivity (Wildman–Crippen MR) is 74.2 cm³/mol. The van der Waals surface area contributed by atoms with Crippen LogP contribution in [0.1, 0.15) is 31.4 Å². The van der Waals surface area contributed by atoms with Crippen molar-refractivity contribution in [2.75, 3.05) is 13.2 Å². The summed E-state index contributed by atoms with van der Waals surface area (Å²) in [6, 6.07) is 1.49. The van der Waals surface area contributed by atoms with Crippen LogP contribution in [0.5, 0.6) is 0 Å². The van der Waals surface area contributed by atoms with Crippen LogP contribution in [-0.4, -0.2) is 27.4 Å². The minimum absolute atomic E-state index is 0.253. The largest absolute Gasteiger partial charge is 0.396 e. The van der Waals surface area contributed by atoms with E-state index in [1.54, 1.807) is 7.05 Å². The van der Waals surface area contributed by atoms with Crippen molar-refractivity contribution < 1.29 is 5.11 Å². The molecule has 108 valence electrons. The molecule has 0 bridgehead atoms. The van der Waals surface area contributed by atoms with Gasteiger partial charge in [-0.2, -0.15) is 0 Å². The first-order valence-electron chi connectivity index (χ1n) is 6.65. The molecule has 1 heterocycles. The zero-order valence-electron chi connectivity index (χ0n) is 11.7. The van der Waals surface area contributed by atoms with Gasteiger partial charge in [-0.25, -0.2) is 4.79 Å². The molecule has 0 aliphatic carbocycles. The quantitative estimate of drug-likeness (QED) is 0.637. The van der Waals surface area contributed by atoms with Gasteiger partial charge >= 0.3 is 5.69 Å². The Bertz CT molecular complexity index is 505. The van der Waals surface area contributed by atoms with Crippen molar-refractivity contribution in [3.05, 3.63) is 32.6 Å². The molecule has 1 aromatic heterocycles. The van der Waals surface area contributed by atoms with Crippen molar-refractivity contribution in [1.29, 1.82) is 0 Å². The number of unbranched alkanes of at least 4 members (excludes halogenated alkanes) is 3. The zero-order valence-corrected chi connectivity index (χ0v) is 11.7. The zero-order chi connectivity index (χ0) is 14.3. The molecule has 0 amide bonds. The second-order valence-electron chi connectivity index (χ2n) is 4.69. The highest BCUT2D eigenvalue weighted by molar-refractivity contribution is 5.01. The highest BCUT2D eigenvalue weighted by Crippen LogP contribution is 1.98. The first-order valence-corrected chi connectivity index (χ1v) is 6.65. The summed E-state index contributed by atoms with van der Waals surface area (Å²) in [5.41, 5.74) is 0.124. The van der Waals surface area contributed by atoms with Crippen LogP contribution in [0.4, 0.5) is 0 Å². The van der Waals surface area contributed by atoms with Crippen molar-refractivity contribution in [1.82, 2.24) is 14.5 Å². The van der Waals surface area contributed by atoms with E-state index in [4.69, 9.17) is 5.11 Å². The molecule has 0 saturated heterocycles. The van der Waals surface area contributed by atoms with Gasteiger partial charge in [0.2, 0.25) is 0 Å². The summed E-state index contributed by atoms with van der Waals surface area (Å²) in [6.07, 6.45) is 3.98. The molecule has 0 fully saturated rings. The van der Waals surface area contributed by atoms with Crippen molar-refractivity contribution in [3.63, 3.8) is 0 Å². The average Bonchev–Trinajstić information content (AvgIpc) is 2.41. The lowest BCUT2D eigenvalue weighted by Gasteiger charge is -2.10. The van der Waals surface area contributed by atoms with E-state index < -0.39 is 0 Å². The summed E-state index contributed by atoms with van der Waals surface area (Å²) in [5.74, 6) is 0. The van der Waals surface area contributed by atoms with E-state index in [2.05, 4.69) is 5.32 Å². The number of hydrogen-bond donors (Lipinski definition) is 2. The second-order valence-corrected chi connectivity index (χ2v) is 4.69. The van der Waals surface area contributed by atoms with Crippen LogP contribution < -0.4 is 16.6 Å². The van der Waals surface area contributed by atoms with Crippen LogP contribution in [0.3, 0.4) is 0 Å². The normalized spacial score (nSPS) is 10.9. The van der Waals surface area contributed by atoms with Gasteiger partial charge in [0.05, 0.1) is 0 Å². The number of aliphatic hydroxyl groups excluding tert-OH is 1. The van der Waals surface area contributed by atoms with Gasteiger partial charge in [-0.3, -0.25) is 13.9 Å². The molecule has 0 radical (unpaired) electrons. The molecule has 0 aliphatic heterocycles. The van der Waals surface area contributed by atoms with E-state index in [1.165, 1.54) is 17.7 Å². The SMILES string of the molecule is Cn1c(CNCCCCCCO)cc(=O)n(C)c1=O. The molecule has 0 aliphatic rings. The fourth-order valence-corrected chi connectivity index (χ4v) is 1.88. The van der Waals surface area contributed by atoms with Crippen molar-refractivity contribution in [3.8, 4) is 0 Å². The molecule has 0 saturated carbocycles. The average molecular weight is 269 g/mol. The number of nitrogens with one attached hydrogen (secondary N) is 1. The van der Waals surface area contributed by atoms with E-state index in [9.17, 15) is 9.59 Å². The Morgan fingerprint density at radius 3 is 2.47 bits per heavy atom. The minimum atomic E-state index is -0.299. The highest BCUT2D eigenvalue weighted by Gasteiger charge is 2.04. The van der Waals surface area contributed by atoms with Crippen molar-refractivity contribution in [2.45, 2.75) is 32.2 Å². The maximum Gasteiger partial charge on any atom is 0.330 e. The fraction of sp³-hybridized carbons (Fsp3) is 0.692. The topological polar surface area (TPSA) is 76.3 Å². The third-order valence-corrected chi connectivity index (χ3v) is 3.19. The van der Waals surface area contributed by atoms with Gasteiger partial charge in [0.1, 0.15) is 0 Å². The summed E-state index contributed by atoms with van der Waals surface area (Å²) in [4.78, 5) is 23.2. The summed E-state index contributed by atoms with van der Waals surface area (Å²) in [7, 11) is 3.14. The van der Waals surface area contributed by atoms with Crippen molar-refractivity contribution >= 4 is 0 Å².